The van der Waals surface area contributed by atoms with Crippen LogP contribution in [0.1, 0.15) is 25.3 Å². The minimum Gasteiger partial charge on any atom is -0.469 e. The molecule has 1 aromatic carbocycles. The van der Waals surface area contributed by atoms with Crippen LogP contribution in [0.3, 0.4) is 0 Å². The molecular weight excluding hydrogens is 282 g/mol. The first-order chi connectivity index (χ1) is 8.07. The Morgan fingerprint density at radius 1 is 1.41 bits per heavy atom. The lowest BCUT2D eigenvalue weighted by molar-refractivity contribution is -0.142. The van der Waals surface area contributed by atoms with Crippen LogP contribution >= 0.6 is 15.9 Å². The van der Waals surface area contributed by atoms with Crippen molar-refractivity contribution in [1.82, 2.24) is 0 Å². The van der Waals surface area contributed by atoms with Crippen molar-refractivity contribution in [3.63, 3.8) is 0 Å². The summed E-state index contributed by atoms with van der Waals surface area (Å²) in [6, 6.07) is 7.94. The zero-order valence-electron chi connectivity index (χ0n) is 10.2. The first kappa shape index (κ1) is 14.2. The second-order valence-corrected chi connectivity index (χ2v) is 5.01. The van der Waals surface area contributed by atoms with Crippen LogP contribution in [-0.4, -0.2) is 19.6 Å². The van der Waals surface area contributed by atoms with Crippen LogP contribution in [0, 0.1) is 0 Å². The Kier molecular flexibility index (Phi) is 5.15. The lowest BCUT2D eigenvalue weighted by atomic mass is 9.75. The van der Waals surface area contributed by atoms with Gasteiger partial charge in [0.2, 0.25) is 0 Å². The molecule has 0 aliphatic heterocycles. The second-order valence-electron chi connectivity index (χ2n) is 4.10. The van der Waals surface area contributed by atoms with E-state index < -0.39 is 0 Å². The van der Waals surface area contributed by atoms with Gasteiger partial charge in [-0.1, -0.05) is 35.0 Å². The molecule has 1 rings (SSSR count). The predicted octanol–water partition coefficient (Wildman–Crippen LogP) is 2.62. The van der Waals surface area contributed by atoms with E-state index in [-0.39, 0.29) is 11.4 Å². The van der Waals surface area contributed by atoms with Gasteiger partial charge in [-0.05, 0) is 24.1 Å². The molecule has 0 radical (unpaired) electrons. The molecule has 2 N–H and O–H groups in total. The number of ether oxygens (including phenoxy) is 1. The number of methoxy groups -OCH3 is 1. The highest BCUT2D eigenvalue weighted by Gasteiger charge is 2.32. The SMILES string of the molecule is CCC(CN)(CC(=O)OC)c1ccc(Br)cc1. The van der Waals surface area contributed by atoms with Gasteiger partial charge < -0.3 is 10.5 Å². The molecule has 0 aliphatic carbocycles. The molecular formula is C13H18BrNO2. The molecule has 1 atom stereocenters. The molecule has 0 fully saturated rings. The molecule has 0 aliphatic rings. The van der Waals surface area contributed by atoms with Crippen molar-refractivity contribution in [1.29, 1.82) is 0 Å². The van der Waals surface area contributed by atoms with Gasteiger partial charge in [-0.25, -0.2) is 0 Å². The monoisotopic (exact) mass is 299 g/mol. The van der Waals surface area contributed by atoms with Crippen molar-refractivity contribution in [2.75, 3.05) is 13.7 Å². The summed E-state index contributed by atoms with van der Waals surface area (Å²) in [7, 11) is 1.40. The fraction of sp³-hybridized carbons (Fsp3) is 0.462. The van der Waals surface area contributed by atoms with Crippen LogP contribution in [0.2, 0.25) is 0 Å². The number of esters is 1. The molecule has 1 unspecified atom stereocenters. The van der Waals surface area contributed by atoms with Crippen molar-refractivity contribution < 1.29 is 9.53 Å². The molecule has 0 heterocycles. The number of nitrogens with two attached hydrogens (primary N) is 1. The summed E-state index contributed by atoms with van der Waals surface area (Å²) in [6.07, 6.45) is 1.12. The first-order valence-corrected chi connectivity index (χ1v) is 6.40. The van der Waals surface area contributed by atoms with E-state index in [1.54, 1.807) is 0 Å². The number of hydrogen-bond acceptors (Lipinski definition) is 3. The smallest absolute Gasteiger partial charge is 0.306 e. The van der Waals surface area contributed by atoms with Crippen molar-refractivity contribution in [2.24, 2.45) is 5.73 Å². The molecule has 0 saturated carbocycles. The number of halogens is 1. The highest BCUT2D eigenvalue weighted by Crippen LogP contribution is 2.32. The summed E-state index contributed by atoms with van der Waals surface area (Å²) in [4.78, 5) is 11.5. The van der Waals surface area contributed by atoms with Crippen molar-refractivity contribution in [2.45, 2.75) is 25.2 Å². The highest BCUT2D eigenvalue weighted by atomic mass is 79.9. The molecule has 0 saturated heterocycles. The Morgan fingerprint density at radius 3 is 2.41 bits per heavy atom. The molecule has 3 nitrogen and oxygen atoms in total. The average molecular weight is 300 g/mol. The van der Waals surface area contributed by atoms with E-state index in [1.165, 1.54) is 7.11 Å². The third-order valence-corrected chi connectivity index (χ3v) is 3.76. The average Bonchev–Trinajstić information content (AvgIpc) is 2.37. The van der Waals surface area contributed by atoms with Crippen molar-refractivity contribution in [3.8, 4) is 0 Å². The molecule has 0 bridgehead atoms. The lowest BCUT2D eigenvalue weighted by Gasteiger charge is -2.31. The van der Waals surface area contributed by atoms with Crippen LogP contribution < -0.4 is 5.73 Å². The van der Waals surface area contributed by atoms with E-state index >= 15 is 0 Å². The molecule has 17 heavy (non-hydrogen) atoms. The van der Waals surface area contributed by atoms with E-state index in [0.29, 0.717) is 13.0 Å². The van der Waals surface area contributed by atoms with Gasteiger partial charge in [0.15, 0.2) is 0 Å². The summed E-state index contributed by atoms with van der Waals surface area (Å²) >= 11 is 3.40. The zero-order chi connectivity index (χ0) is 12.9. The van der Waals surface area contributed by atoms with Gasteiger partial charge in [0, 0.05) is 16.4 Å². The van der Waals surface area contributed by atoms with Gasteiger partial charge in [-0.2, -0.15) is 0 Å². The van der Waals surface area contributed by atoms with E-state index in [2.05, 4.69) is 15.9 Å². The lowest BCUT2D eigenvalue weighted by Crippen LogP contribution is -2.37. The maximum Gasteiger partial charge on any atom is 0.306 e. The Labute approximate surface area is 110 Å². The first-order valence-electron chi connectivity index (χ1n) is 5.61. The van der Waals surface area contributed by atoms with Gasteiger partial charge in [-0.3, -0.25) is 4.79 Å². The maximum atomic E-state index is 11.5. The highest BCUT2D eigenvalue weighted by molar-refractivity contribution is 9.10. The van der Waals surface area contributed by atoms with E-state index in [9.17, 15) is 4.79 Å². The topological polar surface area (TPSA) is 52.3 Å². The summed E-state index contributed by atoms with van der Waals surface area (Å²) in [6.45, 7) is 2.47. The van der Waals surface area contributed by atoms with Crippen molar-refractivity contribution >= 4 is 21.9 Å². The van der Waals surface area contributed by atoms with Crippen LogP contribution in [0.5, 0.6) is 0 Å². The number of hydrogen-bond donors (Lipinski definition) is 1. The standard InChI is InChI=1S/C13H18BrNO2/c1-3-13(9-15,8-12(16)17-2)10-4-6-11(14)7-5-10/h4-7H,3,8-9,15H2,1-2H3. The second kappa shape index (κ2) is 6.17. The molecule has 0 aromatic heterocycles. The van der Waals surface area contributed by atoms with Gasteiger partial charge in [0.1, 0.15) is 0 Å². The van der Waals surface area contributed by atoms with E-state index in [1.807, 2.05) is 31.2 Å². The number of carbonyl (C=O) groups is 1. The summed E-state index contributed by atoms with van der Waals surface area (Å²) in [5, 5.41) is 0. The number of rotatable bonds is 5. The summed E-state index contributed by atoms with van der Waals surface area (Å²) in [5.41, 5.74) is 6.63. The normalized spacial score (nSPS) is 14.1. The quantitative estimate of drug-likeness (QED) is 0.850. The molecule has 4 heteroatoms. The Bertz CT molecular complexity index is 372. The third-order valence-electron chi connectivity index (χ3n) is 3.23. The Hall–Kier alpha value is -0.870. The zero-order valence-corrected chi connectivity index (χ0v) is 11.8. The predicted molar refractivity (Wildman–Crippen MR) is 71.8 cm³/mol. The van der Waals surface area contributed by atoms with Gasteiger partial charge >= 0.3 is 5.97 Å². The Morgan fingerprint density at radius 2 is 2.00 bits per heavy atom. The third kappa shape index (κ3) is 3.30. The van der Waals surface area contributed by atoms with Crippen LogP contribution in [0.25, 0.3) is 0 Å². The van der Waals surface area contributed by atoms with Gasteiger partial charge in [0.05, 0.1) is 13.5 Å². The fourth-order valence-corrected chi connectivity index (χ4v) is 2.18. The molecule has 94 valence electrons. The van der Waals surface area contributed by atoms with E-state index in [4.69, 9.17) is 10.5 Å². The minimum absolute atomic E-state index is 0.222. The van der Waals surface area contributed by atoms with Gasteiger partial charge in [0.25, 0.3) is 0 Å². The summed E-state index contributed by atoms with van der Waals surface area (Å²) < 4.78 is 5.77. The largest absolute Gasteiger partial charge is 0.469 e. The Balaban J connectivity index is 3.05. The number of carbonyl (C=O) groups excluding carboxylic acids is 1. The van der Waals surface area contributed by atoms with Crippen molar-refractivity contribution in [3.05, 3.63) is 34.3 Å². The van der Waals surface area contributed by atoms with Crippen LogP contribution in [0.4, 0.5) is 0 Å². The van der Waals surface area contributed by atoms with Crippen LogP contribution in [-0.2, 0) is 14.9 Å². The van der Waals surface area contributed by atoms with Crippen LogP contribution in [0.15, 0.2) is 28.7 Å². The minimum atomic E-state index is -0.326. The van der Waals surface area contributed by atoms with E-state index in [0.717, 1.165) is 16.5 Å². The number of benzene rings is 1. The summed E-state index contributed by atoms with van der Waals surface area (Å²) in [5.74, 6) is -0.222. The maximum absolute atomic E-state index is 11.5. The van der Waals surface area contributed by atoms with Gasteiger partial charge in [-0.15, -0.1) is 0 Å². The molecule has 0 spiro atoms. The molecule has 0 amide bonds. The fourth-order valence-electron chi connectivity index (χ4n) is 1.92. The molecule has 1 aromatic rings.